The molecule has 4 nitrogen and oxygen atoms in total. The summed E-state index contributed by atoms with van der Waals surface area (Å²) in [4.78, 5) is 0. The summed E-state index contributed by atoms with van der Waals surface area (Å²) in [6, 6.07) is 0.340. The molecule has 1 aliphatic rings. The Morgan fingerprint density at radius 1 is 1.67 bits per heavy atom. The molecule has 1 heterocycles. The maximum absolute atomic E-state index is 9.65. The maximum Gasteiger partial charge on any atom is 0.0815 e. The van der Waals surface area contributed by atoms with E-state index in [0.29, 0.717) is 6.04 Å². The number of aliphatic hydroxyl groups excluding tert-OH is 1. The average molecular weight is 272 g/mol. The monoisotopic (exact) mass is 271 g/mol. The molecule has 18 heavy (non-hydrogen) atoms. The zero-order valence-corrected chi connectivity index (χ0v) is 11.9. The van der Waals surface area contributed by atoms with E-state index in [2.05, 4.69) is 17.3 Å². The molecule has 1 aromatic heterocycles. The Bertz CT molecular complexity index is 387. The smallest absolute Gasteiger partial charge is 0.0815 e. The van der Waals surface area contributed by atoms with Gasteiger partial charge in [-0.05, 0) is 39.2 Å². The van der Waals surface area contributed by atoms with Gasteiger partial charge in [0.05, 0.1) is 23.4 Å². The van der Waals surface area contributed by atoms with Crippen molar-refractivity contribution in [3.8, 4) is 0 Å². The molecule has 0 bridgehead atoms. The van der Waals surface area contributed by atoms with E-state index in [0.717, 1.165) is 42.9 Å². The first-order valence-corrected chi connectivity index (χ1v) is 7.05. The van der Waals surface area contributed by atoms with Crippen molar-refractivity contribution in [1.29, 1.82) is 0 Å². The lowest BCUT2D eigenvalue weighted by molar-refractivity contribution is 0.160. The van der Waals surface area contributed by atoms with Crippen LogP contribution >= 0.6 is 11.6 Å². The molecule has 0 aromatic carbocycles. The van der Waals surface area contributed by atoms with Crippen LogP contribution in [-0.4, -0.2) is 33.6 Å². The molecule has 102 valence electrons. The van der Waals surface area contributed by atoms with Gasteiger partial charge < -0.3 is 10.4 Å². The van der Waals surface area contributed by atoms with Crippen LogP contribution in [0.4, 0.5) is 0 Å². The van der Waals surface area contributed by atoms with Gasteiger partial charge in [0.2, 0.25) is 0 Å². The van der Waals surface area contributed by atoms with Gasteiger partial charge in [0.1, 0.15) is 0 Å². The fourth-order valence-corrected chi connectivity index (χ4v) is 2.86. The summed E-state index contributed by atoms with van der Waals surface area (Å²) >= 11 is 6.05. The van der Waals surface area contributed by atoms with Crippen LogP contribution in [-0.2, 0) is 0 Å². The summed E-state index contributed by atoms with van der Waals surface area (Å²) < 4.78 is 1.96. The molecule has 2 rings (SSSR count). The topological polar surface area (TPSA) is 50.1 Å². The van der Waals surface area contributed by atoms with E-state index in [1.165, 1.54) is 0 Å². The van der Waals surface area contributed by atoms with E-state index in [1.54, 1.807) is 0 Å². The van der Waals surface area contributed by atoms with Crippen molar-refractivity contribution in [2.24, 2.45) is 0 Å². The van der Waals surface area contributed by atoms with Crippen LogP contribution in [0.5, 0.6) is 0 Å². The predicted molar refractivity (Wildman–Crippen MR) is 73.0 cm³/mol. The van der Waals surface area contributed by atoms with E-state index >= 15 is 0 Å². The van der Waals surface area contributed by atoms with Crippen LogP contribution in [0, 0.1) is 6.92 Å². The lowest BCUT2D eigenvalue weighted by Gasteiger charge is -2.28. The quantitative estimate of drug-likeness (QED) is 0.864. The van der Waals surface area contributed by atoms with Crippen LogP contribution < -0.4 is 5.32 Å². The van der Waals surface area contributed by atoms with Gasteiger partial charge in [0.15, 0.2) is 0 Å². The predicted octanol–water partition coefficient (Wildman–Crippen LogP) is 2.30. The van der Waals surface area contributed by atoms with E-state index in [-0.39, 0.29) is 12.1 Å². The van der Waals surface area contributed by atoms with Crippen LogP contribution in [0.25, 0.3) is 0 Å². The van der Waals surface area contributed by atoms with E-state index in [9.17, 15) is 5.11 Å². The van der Waals surface area contributed by atoms with Gasteiger partial charge in [-0.2, -0.15) is 5.10 Å². The Morgan fingerprint density at radius 2 is 2.44 bits per heavy atom. The van der Waals surface area contributed by atoms with Crippen LogP contribution in [0.1, 0.15) is 44.3 Å². The van der Waals surface area contributed by atoms with E-state index in [1.807, 2.05) is 17.8 Å². The Balaban J connectivity index is 2.06. The molecule has 2 atom stereocenters. The first-order chi connectivity index (χ1) is 8.60. The molecule has 1 aromatic rings. The number of aliphatic hydroxyl groups is 1. The molecular weight excluding hydrogens is 250 g/mol. The summed E-state index contributed by atoms with van der Waals surface area (Å²) in [5.41, 5.74) is 0.743. The Kier molecular flexibility index (Phi) is 4.30. The third-order valence-electron chi connectivity index (χ3n) is 3.87. The molecule has 1 fully saturated rings. The largest absolute Gasteiger partial charge is 0.394 e. The van der Waals surface area contributed by atoms with Crippen molar-refractivity contribution in [3.05, 3.63) is 16.9 Å². The Hall–Kier alpha value is -0.580. The first-order valence-electron chi connectivity index (χ1n) is 6.67. The summed E-state index contributed by atoms with van der Waals surface area (Å²) in [5.74, 6) is 0. The van der Waals surface area contributed by atoms with Crippen molar-refractivity contribution < 1.29 is 5.11 Å². The average Bonchev–Trinajstić information content (AvgIpc) is 2.93. The Labute approximate surface area is 113 Å². The van der Waals surface area contributed by atoms with Crippen molar-refractivity contribution in [2.75, 3.05) is 13.2 Å². The number of nitrogens with one attached hydrogen (secondary N) is 1. The molecular formula is C13H22ClN3O. The highest BCUT2D eigenvalue weighted by Gasteiger charge is 2.39. The fraction of sp³-hybridized carbons (Fsp3) is 0.769. The highest BCUT2D eigenvalue weighted by Crippen LogP contribution is 2.37. The standard InChI is InChI=1S/C13H22ClN3O/c1-3-6-15-13(9-18)5-4-11(7-13)17-8-12(14)10(2)16-17/h8,11,15,18H,3-7,9H2,1-2H3. The second-order valence-electron chi connectivity index (χ2n) is 5.30. The second-order valence-corrected chi connectivity index (χ2v) is 5.71. The highest BCUT2D eigenvalue weighted by atomic mass is 35.5. The summed E-state index contributed by atoms with van der Waals surface area (Å²) in [5, 5.41) is 18.3. The summed E-state index contributed by atoms with van der Waals surface area (Å²) in [6.07, 6.45) is 5.92. The Morgan fingerprint density at radius 3 is 3.00 bits per heavy atom. The molecule has 5 heteroatoms. The minimum atomic E-state index is -0.132. The van der Waals surface area contributed by atoms with Crippen LogP contribution in [0.15, 0.2) is 6.20 Å². The third kappa shape index (κ3) is 2.71. The first kappa shape index (κ1) is 13.8. The molecule has 1 aliphatic carbocycles. The number of nitrogens with zero attached hydrogens (tertiary/aromatic N) is 2. The van der Waals surface area contributed by atoms with Crippen molar-refractivity contribution in [2.45, 2.75) is 51.1 Å². The zero-order chi connectivity index (χ0) is 13.2. The lowest BCUT2D eigenvalue weighted by Crippen LogP contribution is -2.46. The number of aryl methyl sites for hydroxylation is 1. The number of hydrogen-bond acceptors (Lipinski definition) is 3. The van der Waals surface area contributed by atoms with Crippen molar-refractivity contribution >= 4 is 11.6 Å². The van der Waals surface area contributed by atoms with E-state index in [4.69, 9.17) is 11.6 Å². The minimum absolute atomic E-state index is 0.132. The molecule has 1 saturated carbocycles. The number of aromatic nitrogens is 2. The minimum Gasteiger partial charge on any atom is -0.394 e. The number of halogens is 1. The normalized spacial score (nSPS) is 27.9. The third-order valence-corrected chi connectivity index (χ3v) is 4.24. The number of rotatable bonds is 5. The SMILES string of the molecule is CCCNC1(CO)CCC(n2cc(Cl)c(C)n2)C1. The van der Waals surface area contributed by atoms with Crippen LogP contribution in [0.3, 0.4) is 0 Å². The molecule has 0 radical (unpaired) electrons. The van der Waals surface area contributed by atoms with Gasteiger partial charge in [0.25, 0.3) is 0 Å². The van der Waals surface area contributed by atoms with E-state index < -0.39 is 0 Å². The zero-order valence-electron chi connectivity index (χ0n) is 11.1. The highest BCUT2D eigenvalue weighted by molar-refractivity contribution is 6.31. The fourth-order valence-electron chi connectivity index (χ4n) is 2.72. The molecule has 2 unspecified atom stereocenters. The second kappa shape index (κ2) is 5.59. The number of hydrogen-bond donors (Lipinski definition) is 2. The molecule has 0 aliphatic heterocycles. The van der Waals surface area contributed by atoms with Gasteiger partial charge in [-0.15, -0.1) is 0 Å². The van der Waals surface area contributed by atoms with Gasteiger partial charge in [0, 0.05) is 11.7 Å². The van der Waals surface area contributed by atoms with Crippen molar-refractivity contribution in [1.82, 2.24) is 15.1 Å². The van der Waals surface area contributed by atoms with Gasteiger partial charge >= 0.3 is 0 Å². The molecule has 0 spiro atoms. The summed E-state index contributed by atoms with van der Waals surface area (Å²) in [6.45, 7) is 5.20. The van der Waals surface area contributed by atoms with Crippen molar-refractivity contribution in [3.63, 3.8) is 0 Å². The van der Waals surface area contributed by atoms with Gasteiger partial charge in [-0.25, -0.2) is 0 Å². The molecule has 0 amide bonds. The van der Waals surface area contributed by atoms with Gasteiger partial charge in [-0.1, -0.05) is 18.5 Å². The summed E-state index contributed by atoms with van der Waals surface area (Å²) in [7, 11) is 0. The molecule has 2 N–H and O–H groups in total. The van der Waals surface area contributed by atoms with Crippen LogP contribution in [0.2, 0.25) is 5.02 Å². The molecule has 0 saturated heterocycles. The van der Waals surface area contributed by atoms with Gasteiger partial charge in [-0.3, -0.25) is 4.68 Å². The lowest BCUT2D eigenvalue weighted by atomic mass is 9.98. The maximum atomic E-state index is 9.65.